The SMILES string of the molecule is CCn1ncc(CNCc2ccc(C(=O)O)cc2)n1. The Morgan fingerprint density at radius 1 is 1.32 bits per heavy atom. The van der Waals surface area contributed by atoms with Crippen molar-refractivity contribution in [3.05, 3.63) is 47.3 Å². The molecule has 6 heteroatoms. The monoisotopic (exact) mass is 260 g/mol. The van der Waals surface area contributed by atoms with Crippen molar-refractivity contribution >= 4 is 5.97 Å². The van der Waals surface area contributed by atoms with E-state index < -0.39 is 5.97 Å². The summed E-state index contributed by atoms with van der Waals surface area (Å²) in [5.74, 6) is -0.907. The highest BCUT2D eigenvalue weighted by Gasteiger charge is 2.02. The molecular weight excluding hydrogens is 244 g/mol. The third kappa shape index (κ3) is 3.62. The van der Waals surface area contributed by atoms with Gasteiger partial charge in [0, 0.05) is 13.1 Å². The predicted molar refractivity (Wildman–Crippen MR) is 69.6 cm³/mol. The number of benzene rings is 1. The topological polar surface area (TPSA) is 80.0 Å². The van der Waals surface area contributed by atoms with E-state index in [0.717, 1.165) is 17.8 Å². The third-order valence-corrected chi connectivity index (χ3v) is 2.70. The molecule has 2 aromatic rings. The first kappa shape index (κ1) is 13.2. The van der Waals surface area contributed by atoms with E-state index in [0.29, 0.717) is 18.7 Å². The van der Waals surface area contributed by atoms with Gasteiger partial charge < -0.3 is 10.4 Å². The van der Waals surface area contributed by atoms with Crippen LogP contribution >= 0.6 is 0 Å². The molecule has 0 bridgehead atoms. The highest BCUT2D eigenvalue weighted by atomic mass is 16.4. The molecule has 1 aromatic heterocycles. The van der Waals surface area contributed by atoms with Crippen LogP contribution in [0.15, 0.2) is 30.5 Å². The zero-order chi connectivity index (χ0) is 13.7. The van der Waals surface area contributed by atoms with Crippen molar-refractivity contribution in [2.75, 3.05) is 0 Å². The molecule has 1 heterocycles. The van der Waals surface area contributed by atoms with Crippen LogP contribution < -0.4 is 5.32 Å². The first-order valence-electron chi connectivity index (χ1n) is 6.11. The van der Waals surface area contributed by atoms with Crippen LogP contribution in [0.4, 0.5) is 0 Å². The third-order valence-electron chi connectivity index (χ3n) is 2.70. The minimum atomic E-state index is -0.907. The number of carbonyl (C=O) groups is 1. The van der Waals surface area contributed by atoms with Gasteiger partial charge in [0.15, 0.2) is 0 Å². The molecule has 6 nitrogen and oxygen atoms in total. The summed E-state index contributed by atoms with van der Waals surface area (Å²) in [6.45, 7) is 4.05. The van der Waals surface area contributed by atoms with Crippen LogP contribution in [-0.4, -0.2) is 26.1 Å². The van der Waals surface area contributed by atoms with Crippen molar-refractivity contribution in [3.8, 4) is 0 Å². The van der Waals surface area contributed by atoms with Gasteiger partial charge in [-0.3, -0.25) is 0 Å². The minimum Gasteiger partial charge on any atom is -0.478 e. The fraction of sp³-hybridized carbons (Fsp3) is 0.308. The van der Waals surface area contributed by atoms with Crippen molar-refractivity contribution in [1.82, 2.24) is 20.3 Å². The summed E-state index contributed by atoms with van der Waals surface area (Å²) in [7, 11) is 0. The van der Waals surface area contributed by atoms with E-state index in [9.17, 15) is 4.79 Å². The number of rotatable bonds is 6. The van der Waals surface area contributed by atoms with Crippen LogP contribution in [0.25, 0.3) is 0 Å². The maximum absolute atomic E-state index is 10.7. The van der Waals surface area contributed by atoms with E-state index in [-0.39, 0.29) is 0 Å². The quantitative estimate of drug-likeness (QED) is 0.818. The van der Waals surface area contributed by atoms with Gasteiger partial charge >= 0.3 is 5.97 Å². The Morgan fingerprint density at radius 2 is 2.05 bits per heavy atom. The molecule has 0 fully saturated rings. The lowest BCUT2D eigenvalue weighted by Crippen LogP contribution is -2.13. The summed E-state index contributed by atoms with van der Waals surface area (Å²) >= 11 is 0. The molecule has 19 heavy (non-hydrogen) atoms. The average Bonchev–Trinajstić information content (AvgIpc) is 2.87. The second kappa shape index (κ2) is 6.10. The van der Waals surface area contributed by atoms with E-state index >= 15 is 0 Å². The van der Waals surface area contributed by atoms with E-state index in [1.807, 2.05) is 6.92 Å². The van der Waals surface area contributed by atoms with Gasteiger partial charge in [-0.2, -0.15) is 15.0 Å². The standard InChI is InChI=1S/C13H16N4O2/c1-2-17-15-9-12(16-17)8-14-7-10-3-5-11(6-4-10)13(18)19/h3-6,9,14H,2,7-8H2,1H3,(H,18,19). The second-order valence-corrected chi connectivity index (χ2v) is 4.13. The molecule has 1 aromatic carbocycles. The first-order chi connectivity index (χ1) is 9.19. The molecule has 0 spiro atoms. The zero-order valence-electron chi connectivity index (χ0n) is 10.7. The molecule has 0 aliphatic heterocycles. The number of carboxylic acids is 1. The molecule has 0 atom stereocenters. The molecule has 100 valence electrons. The molecular formula is C13H16N4O2. The van der Waals surface area contributed by atoms with E-state index in [1.54, 1.807) is 35.3 Å². The van der Waals surface area contributed by atoms with Crippen molar-refractivity contribution in [1.29, 1.82) is 0 Å². The van der Waals surface area contributed by atoms with E-state index in [1.165, 1.54) is 0 Å². The number of hydrogen-bond acceptors (Lipinski definition) is 4. The Labute approximate surface area is 111 Å². The summed E-state index contributed by atoms with van der Waals surface area (Å²) in [4.78, 5) is 12.3. The normalized spacial score (nSPS) is 10.6. The molecule has 2 rings (SSSR count). The van der Waals surface area contributed by atoms with Gasteiger partial charge in [0.2, 0.25) is 0 Å². The Bertz CT molecular complexity index is 548. The van der Waals surface area contributed by atoms with Gasteiger partial charge in [-0.25, -0.2) is 4.79 Å². The number of nitrogens with one attached hydrogen (secondary N) is 1. The fourth-order valence-corrected chi connectivity index (χ4v) is 1.67. The highest BCUT2D eigenvalue weighted by molar-refractivity contribution is 5.87. The van der Waals surface area contributed by atoms with Gasteiger partial charge in [-0.05, 0) is 24.6 Å². The molecule has 0 unspecified atom stereocenters. The van der Waals surface area contributed by atoms with E-state index in [4.69, 9.17) is 5.11 Å². The summed E-state index contributed by atoms with van der Waals surface area (Å²) < 4.78 is 0. The largest absolute Gasteiger partial charge is 0.478 e. The van der Waals surface area contributed by atoms with Crippen molar-refractivity contribution in [2.45, 2.75) is 26.6 Å². The summed E-state index contributed by atoms with van der Waals surface area (Å²) in [6, 6.07) is 6.82. The predicted octanol–water partition coefficient (Wildman–Crippen LogP) is 1.29. The van der Waals surface area contributed by atoms with Gasteiger partial charge in [-0.1, -0.05) is 12.1 Å². The second-order valence-electron chi connectivity index (χ2n) is 4.13. The van der Waals surface area contributed by atoms with Crippen LogP contribution in [0.1, 0.15) is 28.5 Å². The maximum Gasteiger partial charge on any atom is 0.335 e. The van der Waals surface area contributed by atoms with Gasteiger partial charge in [0.25, 0.3) is 0 Å². The average molecular weight is 260 g/mol. The Morgan fingerprint density at radius 3 is 2.63 bits per heavy atom. The molecule has 2 N–H and O–H groups in total. The fourth-order valence-electron chi connectivity index (χ4n) is 1.67. The number of aryl methyl sites for hydroxylation is 1. The summed E-state index contributed by atoms with van der Waals surface area (Å²) in [5.41, 5.74) is 2.23. The molecule has 0 amide bonds. The van der Waals surface area contributed by atoms with Crippen molar-refractivity contribution in [2.24, 2.45) is 0 Å². The van der Waals surface area contributed by atoms with Crippen LogP contribution in [0.3, 0.4) is 0 Å². The van der Waals surface area contributed by atoms with Crippen LogP contribution in [0, 0.1) is 0 Å². The first-order valence-corrected chi connectivity index (χ1v) is 6.11. The summed E-state index contributed by atoms with van der Waals surface area (Å²) in [6.07, 6.45) is 1.74. The Kier molecular flexibility index (Phi) is 4.25. The lowest BCUT2D eigenvalue weighted by atomic mass is 10.1. The smallest absolute Gasteiger partial charge is 0.335 e. The number of aromatic carboxylic acids is 1. The zero-order valence-corrected chi connectivity index (χ0v) is 10.7. The Hall–Kier alpha value is -2.21. The van der Waals surface area contributed by atoms with Gasteiger partial charge in [0.05, 0.1) is 24.0 Å². The minimum absolute atomic E-state index is 0.301. The number of carboxylic acid groups (broad SMARTS) is 1. The molecule has 0 aliphatic carbocycles. The van der Waals surface area contributed by atoms with Crippen molar-refractivity contribution < 1.29 is 9.90 Å². The molecule has 0 radical (unpaired) electrons. The van der Waals surface area contributed by atoms with Crippen molar-refractivity contribution in [3.63, 3.8) is 0 Å². The number of aromatic nitrogens is 3. The van der Waals surface area contributed by atoms with Crippen LogP contribution in [-0.2, 0) is 19.6 Å². The number of nitrogens with zero attached hydrogens (tertiary/aromatic N) is 3. The summed E-state index contributed by atoms with van der Waals surface area (Å²) in [5, 5.41) is 20.4. The lowest BCUT2D eigenvalue weighted by molar-refractivity contribution is 0.0697. The van der Waals surface area contributed by atoms with Gasteiger partial charge in [0.1, 0.15) is 0 Å². The number of hydrogen-bond donors (Lipinski definition) is 2. The van der Waals surface area contributed by atoms with E-state index in [2.05, 4.69) is 15.5 Å². The lowest BCUT2D eigenvalue weighted by Gasteiger charge is -2.03. The Balaban J connectivity index is 1.83. The van der Waals surface area contributed by atoms with Crippen LogP contribution in [0.5, 0.6) is 0 Å². The molecule has 0 saturated heterocycles. The highest BCUT2D eigenvalue weighted by Crippen LogP contribution is 2.04. The van der Waals surface area contributed by atoms with Crippen LogP contribution in [0.2, 0.25) is 0 Å². The van der Waals surface area contributed by atoms with Gasteiger partial charge in [-0.15, -0.1) is 0 Å². The molecule has 0 aliphatic rings. The maximum atomic E-state index is 10.7. The molecule has 0 saturated carbocycles.